The first-order chi connectivity index (χ1) is 10.5. The van der Waals surface area contributed by atoms with Gasteiger partial charge in [0.15, 0.2) is 0 Å². The van der Waals surface area contributed by atoms with Crippen LogP contribution in [0.3, 0.4) is 0 Å². The van der Waals surface area contributed by atoms with Crippen LogP contribution in [0.5, 0.6) is 0 Å². The largest absolute Gasteiger partial charge is 0.349 e. The molecule has 1 saturated heterocycles. The van der Waals surface area contributed by atoms with E-state index in [0.717, 1.165) is 25.9 Å². The molecular formula is C15H21N3O3S. The first kappa shape index (κ1) is 16.7. The number of hydrogen-bond acceptors (Lipinski definition) is 4. The molecule has 0 saturated carbocycles. The maximum Gasteiger partial charge on any atom is 0.251 e. The van der Waals surface area contributed by atoms with Crippen molar-refractivity contribution < 1.29 is 13.2 Å². The van der Waals surface area contributed by atoms with Gasteiger partial charge in [-0.05, 0) is 50.2 Å². The molecule has 22 heavy (non-hydrogen) atoms. The van der Waals surface area contributed by atoms with Gasteiger partial charge in [-0.25, -0.2) is 13.1 Å². The van der Waals surface area contributed by atoms with Crippen LogP contribution in [-0.2, 0) is 10.0 Å². The number of carbonyl (C=O) groups excluding carboxylic acids is 1. The van der Waals surface area contributed by atoms with Crippen LogP contribution in [-0.4, -0.2) is 40.0 Å². The van der Waals surface area contributed by atoms with E-state index in [0.29, 0.717) is 5.56 Å². The van der Waals surface area contributed by atoms with E-state index in [9.17, 15) is 13.2 Å². The molecule has 3 N–H and O–H groups in total. The molecule has 1 amide bonds. The molecule has 2 rings (SSSR count). The Hall–Kier alpha value is -1.70. The summed E-state index contributed by atoms with van der Waals surface area (Å²) in [6, 6.07) is 6.09. The SMILES string of the molecule is C=CCNS(=O)(=O)c1ccc(C(=O)NC2CCNCC2)cc1. The van der Waals surface area contributed by atoms with Crippen LogP contribution in [0.4, 0.5) is 0 Å². The Morgan fingerprint density at radius 3 is 2.50 bits per heavy atom. The van der Waals surface area contributed by atoms with Gasteiger partial charge in [0.05, 0.1) is 4.90 Å². The van der Waals surface area contributed by atoms with Crippen molar-refractivity contribution in [1.29, 1.82) is 0 Å². The van der Waals surface area contributed by atoms with Crippen molar-refractivity contribution in [2.45, 2.75) is 23.8 Å². The first-order valence-electron chi connectivity index (χ1n) is 7.25. The number of sulfonamides is 1. The van der Waals surface area contributed by atoms with Crippen LogP contribution >= 0.6 is 0 Å². The van der Waals surface area contributed by atoms with Gasteiger partial charge in [-0.2, -0.15) is 0 Å². The van der Waals surface area contributed by atoms with Gasteiger partial charge in [-0.15, -0.1) is 6.58 Å². The monoisotopic (exact) mass is 323 g/mol. The minimum Gasteiger partial charge on any atom is -0.349 e. The molecular weight excluding hydrogens is 302 g/mol. The predicted octanol–water partition coefficient (Wildman–Crippen LogP) is 0.633. The second-order valence-electron chi connectivity index (χ2n) is 5.16. The summed E-state index contributed by atoms with van der Waals surface area (Å²) in [5, 5.41) is 6.21. The van der Waals surface area contributed by atoms with Crippen LogP contribution in [0.2, 0.25) is 0 Å². The van der Waals surface area contributed by atoms with Gasteiger partial charge in [-0.3, -0.25) is 4.79 Å². The molecule has 1 aliphatic heterocycles. The predicted molar refractivity (Wildman–Crippen MR) is 85.2 cm³/mol. The lowest BCUT2D eigenvalue weighted by Gasteiger charge is -2.23. The molecule has 0 radical (unpaired) electrons. The van der Waals surface area contributed by atoms with Crippen molar-refractivity contribution in [3.8, 4) is 0 Å². The second kappa shape index (κ2) is 7.53. The molecule has 1 fully saturated rings. The Morgan fingerprint density at radius 2 is 1.91 bits per heavy atom. The summed E-state index contributed by atoms with van der Waals surface area (Å²) in [6.07, 6.45) is 3.28. The summed E-state index contributed by atoms with van der Waals surface area (Å²) in [5.41, 5.74) is 0.459. The number of rotatable bonds is 6. The molecule has 0 atom stereocenters. The minimum absolute atomic E-state index is 0.132. The quantitative estimate of drug-likeness (QED) is 0.670. The molecule has 6 nitrogen and oxygen atoms in total. The Balaban J connectivity index is 2.01. The third kappa shape index (κ3) is 4.40. The highest BCUT2D eigenvalue weighted by molar-refractivity contribution is 7.89. The summed E-state index contributed by atoms with van der Waals surface area (Å²) in [7, 11) is -3.55. The number of amides is 1. The molecule has 1 aliphatic rings. The molecule has 0 unspecified atom stereocenters. The maximum absolute atomic E-state index is 12.1. The van der Waals surface area contributed by atoms with Gasteiger partial charge in [0.1, 0.15) is 0 Å². The van der Waals surface area contributed by atoms with Crippen molar-refractivity contribution in [3.63, 3.8) is 0 Å². The van der Waals surface area contributed by atoms with Crippen LogP contribution in [0.15, 0.2) is 41.8 Å². The van der Waals surface area contributed by atoms with Crippen LogP contribution in [0, 0.1) is 0 Å². The Labute approximate surface area is 131 Å². The fourth-order valence-corrected chi connectivity index (χ4v) is 3.27. The molecule has 0 aliphatic carbocycles. The van der Waals surface area contributed by atoms with Gasteiger partial charge >= 0.3 is 0 Å². The van der Waals surface area contributed by atoms with Crippen molar-refractivity contribution in [1.82, 2.24) is 15.4 Å². The second-order valence-corrected chi connectivity index (χ2v) is 6.93. The van der Waals surface area contributed by atoms with Gasteiger partial charge < -0.3 is 10.6 Å². The minimum atomic E-state index is -3.55. The van der Waals surface area contributed by atoms with E-state index in [2.05, 4.69) is 21.9 Å². The topological polar surface area (TPSA) is 87.3 Å². The molecule has 0 aromatic heterocycles. The van der Waals surface area contributed by atoms with E-state index < -0.39 is 10.0 Å². The number of hydrogen-bond donors (Lipinski definition) is 3. The lowest BCUT2D eigenvalue weighted by atomic mass is 10.1. The Morgan fingerprint density at radius 1 is 1.27 bits per heavy atom. The Bertz CT molecular complexity index is 620. The molecule has 0 bridgehead atoms. The average molecular weight is 323 g/mol. The third-order valence-electron chi connectivity index (χ3n) is 3.52. The summed E-state index contributed by atoms with van der Waals surface area (Å²) < 4.78 is 26.2. The van der Waals surface area contributed by atoms with Gasteiger partial charge in [-0.1, -0.05) is 6.08 Å². The fourth-order valence-electron chi connectivity index (χ4n) is 2.27. The van der Waals surface area contributed by atoms with Crippen LogP contribution in [0.25, 0.3) is 0 Å². The molecule has 120 valence electrons. The van der Waals surface area contributed by atoms with Crippen molar-refractivity contribution in [3.05, 3.63) is 42.5 Å². The van der Waals surface area contributed by atoms with E-state index in [1.807, 2.05) is 0 Å². The summed E-state index contributed by atoms with van der Waals surface area (Å²) in [5.74, 6) is -0.171. The highest BCUT2D eigenvalue weighted by Crippen LogP contribution is 2.11. The van der Waals surface area contributed by atoms with Gasteiger partial charge in [0.25, 0.3) is 5.91 Å². The zero-order valence-electron chi connectivity index (χ0n) is 12.3. The highest BCUT2D eigenvalue weighted by Gasteiger charge is 2.17. The number of piperidine rings is 1. The fraction of sp³-hybridized carbons (Fsp3) is 0.400. The first-order valence-corrected chi connectivity index (χ1v) is 8.73. The third-order valence-corrected chi connectivity index (χ3v) is 4.96. The smallest absolute Gasteiger partial charge is 0.251 e. The zero-order valence-corrected chi connectivity index (χ0v) is 13.2. The van der Waals surface area contributed by atoms with E-state index >= 15 is 0 Å². The summed E-state index contributed by atoms with van der Waals surface area (Å²) in [4.78, 5) is 12.3. The highest BCUT2D eigenvalue weighted by atomic mass is 32.2. The summed E-state index contributed by atoms with van der Waals surface area (Å²) in [6.45, 7) is 5.43. The van der Waals surface area contributed by atoms with Crippen LogP contribution in [0.1, 0.15) is 23.2 Å². The van der Waals surface area contributed by atoms with Crippen molar-refractivity contribution in [2.24, 2.45) is 0 Å². The molecule has 0 spiro atoms. The zero-order chi connectivity index (χ0) is 16.0. The number of benzene rings is 1. The maximum atomic E-state index is 12.1. The van der Waals surface area contributed by atoms with Crippen LogP contribution < -0.4 is 15.4 Å². The molecule has 7 heteroatoms. The van der Waals surface area contributed by atoms with E-state index in [1.54, 1.807) is 0 Å². The standard InChI is InChI=1S/C15H21N3O3S/c1-2-9-17-22(20,21)14-5-3-12(4-6-14)15(19)18-13-7-10-16-11-8-13/h2-6,13,16-17H,1,7-11H2,(H,18,19). The van der Waals surface area contributed by atoms with Gasteiger partial charge in [0, 0.05) is 18.2 Å². The number of nitrogens with one attached hydrogen (secondary N) is 3. The lowest BCUT2D eigenvalue weighted by Crippen LogP contribution is -2.42. The van der Waals surface area contributed by atoms with Crippen molar-refractivity contribution >= 4 is 15.9 Å². The molecule has 1 heterocycles. The van der Waals surface area contributed by atoms with Crippen molar-refractivity contribution in [2.75, 3.05) is 19.6 Å². The Kier molecular flexibility index (Phi) is 5.70. The van der Waals surface area contributed by atoms with E-state index in [4.69, 9.17) is 0 Å². The lowest BCUT2D eigenvalue weighted by molar-refractivity contribution is 0.0929. The van der Waals surface area contributed by atoms with E-state index in [-0.39, 0.29) is 23.4 Å². The summed E-state index contributed by atoms with van der Waals surface area (Å²) >= 11 is 0. The number of carbonyl (C=O) groups is 1. The molecule has 1 aromatic carbocycles. The normalized spacial score (nSPS) is 16.2. The average Bonchev–Trinajstić information content (AvgIpc) is 2.54. The van der Waals surface area contributed by atoms with E-state index in [1.165, 1.54) is 30.3 Å². The molecule has 1 aromatic rings. The van der Waals surface area contributed by atoms with Gasteiger partial charge in [0.2, 0.25) is 10.0 Å².